The number of carbonyl (C=O) groups is 1. The van der Waals surface area contributed by atoms with Crippen LogP contribution in [-0.4, -0.2) is 49.5 Å². The van der Waals surface area contributed by atoms with E-state index in [9.17, 15) is 9.18 Å². The van der Waals surface area contributed by atoms with Crippen molar-refractivity contribution < 1.29 is 23.4 Å². The lowest BCUT2D eigenvalue weighted by Crippen LogP contribution is -2.47. The lowest BCUT2D eigenvalue weighted by molar-refractivity contribution is -0.131. The Bertz CT molecular complexity index is 831. The molecule has 0 bridgehead atoms. The maximum absolute atomic E-state index is 13.7. The monoisotopic (exact) mass is 422 g/mol. The fraction of sp³-hybridized carbons (Fsp3) is 0.619. The largest absolute Gasteiger partial charge is 0.488 e. The zero-order valence-corrected chi connectivity index (χ0v) is 17.4. The highest BCUT2D eigenvalue weighted by molar-refractivity contribution is 7.16. The van der Waals surface area contributed by atoms with Crippen molar-refractivity contribution >= 4 is 27.5 Å². The van der Waals surface area contributed by atoms with Gasteiger partial charge in [-0.05, 0) is 44.6 Å². The van der Waals surface area contributed by atoms with Gasteiger partial charge in [-0.15, -0.1) is 11.3 Å². The predicted molar refractivity (Wildman–Crippen MR) is 109 cm³/mol. The van der Waals surface area contributed by atoms with Crippen LogP contribution in [-0.2, 0) is 14.3 Å². The predicted octanol–water partition coefficient (Wildman–Crippen LogP) is 3.68. The topological polar surface area (TPSA) is 69.7 Å². The number of hydrogen-bond acceptors (Lipinski definition) is 6. The Balaban J connectivity index is 1.19. The third-order valence-electron chi connectivity index (χ3n) is 5.79. The van der Waals surface area contributed by atoms with Crippen LogP contribution in [0.5, 0.6) is 5.75 Å². The van der Waals surface area contributed by atoms with E-state index in [1.165, 1.54) is 23.5 Å². The molecule has 2 aromatic rings. The first kappa shape index (κ1) is 20.5. The molecule has 0 aliphatic heterocycles. The van der Waals surface area contributed by atoms with Gasteiger partial charge in [0.15, 0.2) is 0 Å². The molecular formula is C21H27FN2O4S. The van der Waals surface area contributed by atoms with E-state index in [0.29, 0.717) is 37.3 Å². The second-order valence-electron chi connectivity index (χ2n) is 7.86. The highest BCUT2D eigenvalue weighted by atomic mass is 32.1. The van der Waals surface area contributed by atoms with Crippen LogP contribution in [0.4, 0.5) is 4.39 Å². The van der Waals surface area contributed by atoms with Crippen LogP contribution in [0.2, 0.25) is 0 Å². The highest BCUT2D eigenvalue weighted by Crippen LogP contribution is 2.36. The van der Waals surface area contributed by atoms with Gasteiger partial charge in [0.2, 0.25) is 5.91 Å². The number of methoxy groups -OCH3 is 1. The third kappa shape index (κ3) is 5.05. The maximum atomic E-state index is 13.7. The first-order valence-electron chi connectivity index (χ1n) is 10.2. The molecule has 0 saturated heterocycles. The van der Waals surface area contributed by atoms with Gasteiger partial charge < -0.3 is 19.5 Å². The van der Waals surface area contributed by atoms with Crippen molar-refractivity contribution in [3.05, 3.63) is 23.5 Å². The molecule has 0 radical (unpaired) electrons. The molecule has 2 aliphatic rings. The van der Waals surface area contributed by atoms with E-state index in [2.05, 4.69) is 10.3 Å². The zero-order chi connectivity index (χ0) is 20.2. The Morgan fingerprint density at radius 3 is 2.76 bits per heavy atom. The van der Waals surface area contributed by atoms with Crippen LogP contribution in [0.1, 0.15) is 38.5 Å². The average Bonchev–Trinajstić information content (AvgIpc) is 3.14. The fourth-order valence-electron chi connectivity index (χ4n) is 4.04. The molecule has 158 valence electrons. The van der Waals surface area contributed by atoms with Crippen LogP contribution in [0, 0.1) is 11.7 Å². The Kier molecular flexibility index (Phi) is 6.62. The number of amides is 1. The van der Waals surface area contributed by atoms with Gasteiger partial charge in [-0.1, -0.05) is 0 Å². The van der Waals surface area contributed by atoms with Crippen molar-refractivity contribution in [1.82, 2.24) is 10.3 Å². The Morgan fingerprint density at radius 1 is 1.21 bits per heavy atom. The Hall–Kier alpha value is -1.77. The second kappa shape index (κ2) is 9.36. The molecule has 2 fully saturated rings. The van der Waals surface area contributed by atoms with Gasteiger partial charge in [0.1, 0.15) is 23.2 Å². The van der Waals surface area contributed by atoms with E-state index in [-0.39, 0.29) is 35.9 Å². The van der Waals surface area contributed by atoms with Gasteiger partial charge in [0.25, 0.3) is 0 Å². The molecule has 1 aromatic heterocycles. The molecule has 1 heterocycles. The molecule has 0 atom stereocenters. The van der Waals surface area contributed by atoms with E-state index in [1.54, 1.807) is 12.6 Å². The molecule has 0 unspecified atom stereocenters. The SMILES string of the molecule is COCCO[C@H]1CC[C@H](NC(=O)[C@H]2C[C@H](Oc3cc(F)cc4scnc34)C2)CC1. The van der Waals surface area contributed by atoms with E-state index in [1.807, 2.05) is 0 Å². The number of carbonyl (C=O) groups excluding carboxylic acids is 1. The summed E-state index contributed by atoms with van der Waals surface area (Å²) >= 11 is 1.39. The summed E-state index contributed by atoms with van der Waals surface area (Å²) < 4.78 is 31.2. The summed E-state index contributed by atoms with van der Waals surface area (Å²) in [6, 6.07) is 3.07. The van der Waals surface area contributed by atoms with Crippen molar-refractivity contribution in [2.75, 3.05) is 20.3 Å². The molecule has 2 saturated carbocycles. The van der Waals surface area contributed by atoms with Gasteiger partial charge in [0.05, 0.1) is 29.5 Å². The van der Waals surface area contributed by atoms with Crippen molar-refractivity contribution in [2.24, 2.45) is 5.92 Å². The summed E-state index contributed by atoms with van der Waals surface area (Å²) in [6.45, 7) is 1.24. The van der Waals surface area contributed by atoms with Crippen LogP contribution in [0.15, 0.2) is 17.6 Å². The minimum atomic E-state index is -0.327. The number of halogens is 1. The summed E-state index contributed by atoms with van der Waals surface area (Å²) in [5.74, 6) is 0.214. The number of rotatable bonds is 8. The van der Waals surface area contributed by atoms with Crippen molar-refractivity contribution in [2.45, 2.75) is 56.8 Å². The van der Waals surface area contributed by atoms with Gasteiger partial charge in [-0.3, -0.25) is 4.79 Å². The van der Waals surface area contributed by atoms with Gasteiger partial charge in [0, 0.05) is 25.1 Å². The highest BCUT2D eigenvalue weighted by Gasteiger charge is 2.37. The molecular weight excluding hydrogens is 395 g/mol. The Morgan fingerprint density at radius 2 is 2.00 bits per heavy atom. The summed E-state index contributed by atoms with van der Waals surface area (Å²) in [7, 11) is 1.67. The average molecular weight is 423 g/mol. The molecule has 2 aliphatic carbocycles. The Labute approximate surface area is 173 Å². The second-order valence-corrected chi connectivity index (χ2v) is 8.74. The summed E-state index contributed by atoms with van der Waals surface area (Å²) in [6.07, 6.45) is 5.34. The maximum Gasteiger partial charge on any atom is 0.223 e. The first-order valence-corrected chi connectivity index (χ1v) is 11.1. The smallest absolute Gasteiger partial charge is 0.223 e. The number of thiazole rings is 1. The van der Waals surface area contributed by atoms with Gasteiger partial charge in [-0.25, -0.2) is 9.37 Å². The van der Waals surface area contributed by atoms with Crippen LogP contribution in [0.25, 0.3) is 10.2 Å². The van der Waals surface area contributed by atoms with E-state index < -0.39 is 0 Å². The van der Waals surface area contributed by atoms with Crippen molar-refractivity contribution in [3.63, 3.8) is 0 Å². The summed E-state index contributed by atoms with van der Waals surface area (Å²) in [5, 5.41) is 3.18. The number of nitrogens with one attached hydrogen (secondary N) is 1. The number of ether oxygens (including phenoxy) is 3. The van der Waals surface area contributed by atoms with E-state index >= 15 is 0 Å². The summed E-state index contributed by atoms with van der Waals surface area (Å²) in [5.41, 5.74) is 2.37. The quantitative estimate of drug-likeness (QED) is 0.657. The molecule has 1 amide bonds. The molecule has 6 nitrogen and oxygen atoms in total. The van der Waals surface area contributed by atoms with E-state index in [0.717, 1.165) is 30.4 Å². The molecule has 8 heteroatoms. The number of aromatic nitrogens is 1. The number of nitrogens with zero attached hydrogens (tertiary/aromatic N) is 1. The minimum absolute atomic E-state index is 0.0323. The normalized spacial score (nSPS) is 26.8. The zero-order valence-electron chi connectivity index (χ0n) is 16.6. The molecule has 1 N–H and O–H groups in total. The number of fused-ring (bicyclic) bond motifs is 1. The van der Waals surface area contributed by atoms with Gasteiger partial charge in [-0.2, -0.15) is 0 Å². The van der Waals surface area contributed by atoms with Crippen LogP contribution >= 0.6 is 11.3 Å². The van der Waals surface area contributed by atoms with Crippen molar-refractivity contribution in [3.8, 4) is 5.75 Å². The molecule has 0 spiro atoms. The number of hydrogen-bond donors (Lipinski definition) is 1. The van der Waals surface area contributed by atoms with Gasteiger partial charge >= 0.3 is 0 Å². The number of benzene rings is 1. The van der Waals surface area contributed by atoms with Crippen LogP contribution in [0.3, 0.4) is 0 Å². The van der Waals surface area contributed by atoms with Crippen LogP contribution < -0.4 is 10.1 Å². The molecule has 4 rings (SSSR count). The fourth-order valence-corrected chi connectivity index (χ4v) is 4.76. The molecule has 1 aromatic carbocycles. The van der Waals surface area contributed by atoms with E-state index in [4.69, 9.17) is 14.2 Å². The standard InChI is InChI=1S/C21H27FN2O4S/c1-26-6-7-27-16-4-2-15(3-5-16)24-21(25)13-8-17(9-13)28-18-10-14(22)11-19-20(18)23-12-29-19/h10-13,15-17H,2-9H2,1H3,(H,24,25)/t13-,15-,16-,17-. The first-order chi connectivity index (χ1) is 14.1. The lowest BCUT2D eigenvalue weighted by atomic mass is 9.81. The third-order valence-corrected chi connectivity index (χ3v) is 6.56. The lowest BCUT2D eigenvalue weighted by Gasteiger charge is -2.36. The molecule has 29 heavy (non-hydrogen) atoms. The minimum Gasteiger partial charge on any atom is -0.488 e. The van der Waals surface area contributed by atoms with Crippen molar-refractivity contribution in [1.29, 1.82) is 0 Å². The summed E-state index contributed by atoms with van der Waals surface area (Å²) in [4.78, 5) is 16.8.